The number of piperidine rings is 1. The number of ether oxygens (including phenoxy) is 3. The fraction of sp³-hybridized carbons (Fsp3) is 0.457. The van der Waals surface area contributed by atoms with Crippen molar-refractivity contribution >= 4 is 17.5 Å². The second kappa shape index (κ2) is 14.4. The summed E-state index contributed by atoms with van der Waals surface area (Å²) in [4.78, 5) is 37.0. The van der Waals surface area contributed by atoms with Gasteiger partial charge in [0.25, 0.3) is 11.8 Å². The largest absolute Gasteiger partial charge is 0.489 e. The van der Waals surface area contributed by atoms with Gasteiger partial charge in [0.05, 0.1) is 35.5 Å². The molecule has 3 heterocycles. The lowest BCUT2D eigenvalue weighted by Gasteiger charge is -2.50. The van der Waals surface area contributed by atoms with E-state index < -0.39 is 58.4 Å². The molecule has 2 aliphatic heterocycles. The summed E-state index contributed by atoms with van der Waals surface area (Å²) in [6.07, 6.45) is -7.67. The van der Waals surface area contributed by atoms with Crippen LogP contribution in [0.1, 0.15) is 41.8 Å². The average Bonchev–Trinajstić information content (AvgIpc) is 3.07. The smallest absolute Gasteiger partial charge is 0.417 e. The number of piperazine rings is 1. The molecule has 15 heteroatoms. The molecule has 2 saturated heterocycles. The molecule has 270 valence electrons. The third kappa shape index (κ3) is 8.25. The molecule has 3 aromatic rings. The number of amides is 2. The minimum Gasteiger partial charge on any atom is -0.489 e. The van der Waals surface area contributed by atoms with E-state index in [-0.39, 0.29) is 31.8 Å². The number of hydrogen-bond acceptors (Lipinski definition) is 7. The number of nitrogens with zero attached hydrogens (tertiary/aromatic N) is 4. The number of rotatable bonds is 9. The molecule has 2 aromatic carbocycles. The first-order valence-electron chi connectivity index (χ1n) is 15.9. The summed E-state index contributed by atoms with van der Waals surface area (Å²) in [5.41, 5.74) is -4.68. The van der Waals surface area contributed by atoms with Crippen LogP contribution in [0.3, 0.4) is 0 Å². The summed E-state index contributed by atoms with van der Waals surface area (Å²) < 4.78 is 99.1. The quantitative estimate of drug-likeness (QED) is 0.194. The lowest BCUT2D eigenvalue weighted by atomic mass is 9.74. The Morgan fingerprint density at radius 2 is 1.52 bits per heavy atom. The number of halogens is 6. The predicted molar refractivity (Wildman–Crippen MR) is 171 cm³/mol. The average molecular weight is 709 g/mol. The van der Waals surface area contributed by atoms with Crippen molar-refractivity contribution in [1.82, 2.24) is 14.8 Å². The van der Waals surface area contributed by atoms with Crippen LogP contribution in [-0.4, -0.2) is 91.8 Å². The van der Waals surface area contributed by atoms with Gasteiger partial charge in [0.15, 0.2) is 0 Å². The van der Waals surface area contributed by atoms with E-state index in [4.69, 9.17) is 14.2 Å². The van der Waals surface area contributed by atoms with Crippen molar-refractivity contribution in [3.63, 3.8) is 0 Å². The molecule has 0 N–H and O–H groups in total. The van der Waals surface area contributed by atoms with Gasteiger partial charge in [-0.05, 0) is 47.9 Å². The first kappa shape index (κ1) is 36.7. The summed E-state index contributed by atoms with van der Waals surface area (Å²) in [7, 11) is 1.57. The van der Waals surface area contributed by atoms with Crippen molar-refractivity contribution in [3.05, 3.63) is 83.7 Å². The zero-order valence-corrected chi connectivity index (χ0v) is 27.8. The SMILES string of the molecule is COCCOc1ccccc1N1CCN(C(=O)C2(Oc3ccc(C(F)(F)F)cc3)CN(C(=O)c3cnccc3C(F)(F)F)CC(C)(C)C2)CC1. The van der Waals surface area contributed by atoms with Crippen molar-refractivity contribution in [2.24, 2.45) is 5.41 Å². The van der Waals surface area contributed by atoms with Gasteiger partial charge < -0.3 is 28.9 Å². The van der Waals surface area contributed by atoms with E-state index in [2.05, 4.69) is 9.88 Å². The molecule has 0 saturated carbocycles. The van der Waals surface area contributed by atoms with Crippen molar-refractivity contribution in [2.75, 3.05) is 64.5 Å². The Kier molecular flexibility index (Phi) is 10.6. The summed E-state index contributed by atoms with van der Waals surface area (Å²) in [6, 6.07) is 12.0. The van der Waals surface area contributed by atoms with E-state index >= 15 is 0 Å². The maximum atomic E-state index is 14.6. The van der Waals surface area contributed by atoms with Crippen LogP contribution in [0, 0.1) is 5.41 Å². The fourth-order valence-corrected chi connectivity index (χ4v) is 6.60. The number of anilines is 1. The number of carbonyl (C=O) groups excluding carboxylic acids is 2. The van der Waals surface area contributed by atoms with Crippen LogP contribution in [0.15, 0.2) is 67.0 Å². The topological polar surface area (TPSA) is 84.4 Å². The minimum atomic E-state index is -4.85. The Hall–Kier alpha value is -4.53. The second-order valence-corrected chi connectivity index (χ2v) is 13.1. The third-order valence-corrected chi connectivity index (χ3v) is 8.68. The number of methoxy groups -OCH3 is 1. The van der Waals surface area contributed by atoms with E-state index in [1.807, 2.05) is 24.3 Å². The van der Waals surface area contributed by atoms with Crippen LogP contribution in [0.5, 0.6) is 11.5 Å². The van der Waals surface area contributed by atoms with Crippen LogP contribution in [0.2, 0.25) is 0 Å². The minimum absolute atomic E-state index is 0.0168. The van der Waals surface area contributed by atoms with Crippen molar-refractivity contribution in [3.8, 4) is 11.5 Å². The van der Waals surface area contributed by atoms with Crippen LogP contribution in [-0.2, 0) is 21.9 Å². The maximum Gasteiger partial charge on any atom is 0.417 e. The Morgan fingerprint density at radius 1 is 0.840 bits per heavy atom. The van der Waals surface area contributed by atoms with E-state index in [9.17, 15) is 35.9 Å². The van der Waals surface area contributed by atoms with Crippen LogP contribution in [0.4, 0.5) is 32.0 Å². The van der Waals surface area contributed by atoms with Gasteiger partial charge in [-0.2, -0.15) is 26.3 Å². The van der Waals surface area contributed by atoms with Crippen LogP contribution >= 0.6 is 0 Å². The molecule has 2 aliphatic rings. The summed E-state index contributed by atoms with van der Waals surface area (Å²) in [5.74, 6) is -0.950. The molecule has 9 nitrogen and oxygen atoms in total. The highest BCUT2D eigenvalue weighted by molar-refractivity contribution is 5.97. The van der Waals surface area contributed by atoms with Crippen molar-refractivity contribution < 1.29 is 50.1 Å². The number of aromatic nitrogens is 1. The molecular weight excluding hydrogens is 670 g/mol. The highest BCUT2D eigenvalue weighted by atomic mass is 19.4. The van der Waals surface area contributed by atoms with E-state index in [0.29, 0.717) is 38.1 Å². The number of likely N-dealkylation sites (tertiary alicyclic amines) is 1. The summed E-state index contributed by atoms with van der Waals surface area (Å²) >= 11 is 0. The van der Waals surface area contributed by atoms with Gasteiger partial charge >= 0.3 is 12.4 Å². The molecule has 2 amide bonds. The normalized spacial score (nSPS) is 19.7. The number of alkyl halides is 6. The van der Waals surface area contributed by atoms with Crippen molar-refractivity contribution in [2.45, 2.75) is 38.2 Å². The molecule has 50 heavy (non-hydrogen) atoms. The van der Waals surface area contributed by atoms with Crippen molar-refractivity contribution in [1.29, 1.82) is 0 Å². The van der Waals surface area contributed by atoms with Crippen LogP contribution < -0.4 is 14.4 Å². The van der Waals surface area contributed by atoms with Gasteiger partial charge in [0, 0.05) is 58.6 Å². The molecular formula is C35H38F6N4O5. The number of pyridine rings is 1. The van der Waals surface area contributed by atoms with Gasteiger partial charge in [-0.25, -0.2) is 0 Å². The summed E-state index contributed by atoms with van der Waals surface area (Å²) in [6.45, 7) is 4.99. The molecule has 0 radical (unpaired) electrons. The molecule has 1 aromatic heterocycles. The predicted octanol–water partition coefficient (Wildman–Crippen LogP) is 6.18. The summed E-state index contributed by atoms with van der Waals surface area (Å²) in [5, 5.41) is 0. The molecule has 2 fully saturated rings. The van der Waals surface area contributed by atoms with E-state index in [1.165, 1.54) is 0 Å². The fourth-order valence-electron chi connectivity index (χ4n) is 6.60. The monoisotopic (exact) mass is 708 g/mol. The van der Waals surface area contributed by atoms with Gasteiger partial charge in [0.2, 0.25) is 5.60 Å². The Labute approximate surface area is 285 Å². The zero-order valence-electron chi connectivity index (χ0n) is 27.8. The lowest BCUT2D eigenvalue weighted by molar-refractivity contribution is -0.158. The number of benzene rings is 2. The number of hydrogen-bond donors (Lipinski definition) is 0. The lowest BCUT2D eigenvalue weighted by Crippen LogP contribution is -2.67. The Balaban J connectivity index is 1.46. The highest BCUT2D eigenvalue weighted by Crippen LogP contribution is 2.42. The van der Waals surface area contributed by atoms with E-state index in [0.717, 1.165) is 47.2 Å². The maximum absolute atomic E-state index is 14.6. The molecule has 5 rings (SSSR count). The first-order chi connectivity index (χ1) is 23.5. The molecule has 0 aliphatic carbocycles. The third-order valence-electron chi connectivity index (χ3n) is 8.68. The highest BCUT2D eigenvalue weighted by Gasteiger charge is 2.54. The molecule has 1 atom stereocenters. The standard InChI is InChI=1S/C35H38F6N4O5/c1-32(2)21-33(50-25-10-8-24(9-11-25)34(36,37)38,23-45(22-32)30(46)26-20-42-13-12-27(26)35(39,40)41)31(47)44-16-14-43(15-17-44)28-6-4-5-7-29(28)49-19-18-48-3/h4-13,20H,14-19,21-23H2,1-3H3. The Bertz CT molecular complexity index is 1660. The molecule has 1 unspecified atom stereocenters. The number of para-hydroxylation sites is 2. The van der Waals surface area contributed by atoms with Gasteiger partial charge in [-0.15, -0.1) is 0 Å². The van der Waals surface area contributed by atoms with E-state index in [1.54, 1.807) is 25.9 Å². The van der Waals surface area contributed by atoms with Crippen LogP contribution in [0.25, 0.3) is 0 Å². The number of carbonyl (C=O) groups is 2. The second-order valence-electron chi connectivity index (χ2n) is 13.1. The molecule has 0 bridgehead atoms. The first-order valence-corrected chi connectivity index (χ1v) is 15.9. The van der Waals surface area contributed by atoms with Gasteiger partial charge in [-0.1, -0.05) is 26.0 Å². The van der Waals surface area contributed by atoms with Gasteiger partial charge in [0.1, 0.15) is 18.1 Å². The van der Waals surface area contributed by atoms with Gasteiger partial charge in [-0.3, -0.25) is 14.6 Å². The zero-order chi connectivity index (χ0) is 36.3. The Morgan fingerprint density at radius 3 is 2.16 bits per heavy atom. The molecule has 0 spiro atoms.